The number of carbonyl (C=O) groups is 1. The first-order chi connectivity index (χ1) is 11.7. The van der Waals surface area contributed by atoms with Gasteiger partial charge in [0.15, 0.2) is 5.82 Å². The van der Waals surface area contributed by atoms with E-state index in [2.05, 4.69) is 26.2 Å². The van der Waals surface area contributed by atoms with Gasteiger partial charge in [0.2, 0.25) is 5.91 Å². The van der Waals surface area contributed by atoms with Gasteiger partial charge in [-0.2, -0.15) is 4.68 Å². The van der Waals surface area contributed by atoms with Gasteiger partial charge in [0.05, 0.1) is 5.69 Å². The number of nitrogens with zero attached hydrogens (tertiary/aromatic N) is 4. The zero-order chi connectivity index (χ0) is 16.5. The van der Waals surface area contributed by atoms with E-state index in [1.165, 1.54) is 12.8 Å². The molecule has 1 aromatic carbocycles. The van der Waals surface area contributed by atoms with Crippen LogP contribution in [0.4, 0.5) is 5.69 Å². The molecule has 24 heavy (non-hydrogen) atoms. The molecule has 2 atom stereocenters. The lowest BCUT2D eigenvalue weighted by Crippen LogP contribution is -2.39. The number of aryl methyl sites for hydroxylation is 1. The van der Waals surface area contributed by atoms with Gasteiger partial charge >= 0.3 is 0 Å². The van der Waals surface area contributed by atoms with Gasteiger partial charge in [-0.05, 0) is 67.2 Å². The predicted molar refractivity (Wildman–Crippen MR) is 89.8 cm³/mol. The molecule has 2 N–H and O–H groups in total. The summed E-state index contributed by atoms with van der Waals surface area (Å²) in [4.78, 5) is 12.4. The molecular formula is C17H22N6O. The van der Waals surface area contributed by atoms with Crippen LogP contribution in [-0.2, 0) is 4.79 Å². The molecule has 0 aliphatic carbocycles. The third kappa shape index (κ3) is 3.17. The number of hydrogen-bond acceptors (Lipinski definition) is 5. The quantitative estimate of drug-likeness (QED) is 0.895. The number of hydrogen-bond donors (Lipinski definition) is 2. The van der Waals surface area contributed by atoms with E-state index in [1.54, 1.807) is 4.68 Å². The highest BCUT2D eigenvalue weighted by molar-refractivity contribution is 5.91. The van der Waals surface area contributed by atoms with Gasteiger partial charge in [-0.25, -0.2) is 0 Å². The first kappa shape index (κ1) is 15.3. The van der Waals surface area contributed by atoms with Crippen LogP contribution in [0.1, 0.15) is 37.9 Å². The maximum atomic E-state index is 12.4. The molecular weight excluding hydrogens is 304 g/mol. The molecule has 2 aliphatic heterocycles. The Balaban J connectivity index is 1.40. The highest BCUT2D eigenvalue weighted by Gasteiger charge is 2.34. The van der Waals surface area contributed by atoms with Gasteiger partial charge in [-0.1, -0.05) is 6.07 Å². The lowest BCUT2D eigenvalue weighted by molar-refractivity contribution is -0.117. The molecule has 1 aromatic heterocycles. The molecule has 4 rings (SSSR count). The first-order valence-electron chi connectivity index (χ1n) is 8.58. The number of benzene rings is 1. The van der Waals surface area contributed by atoms with Gasteiger partial charge in [0, 0.05) is 24.2 Å². The van der Waals surface area contributed by atoms with Gasteiger partial charge in [-0.15, -0.1) is 5.10 Å². The SMILES string of the molecule is Cc1nnnn1-c1cccc(NC(=O)CC2CC3CCC(C2)N3)c1. The van der Waals surface area contributed by atoms with E-state index in [0.717, 1.165) is 24.2 Å². The van der Waals surface area contributed by atoms with E-state index in [9.17, 15) is 4.79 Å². The Morgan fingerprint density at radius 3 is 2.83 bits per heavy atom. The summed E-state index contributed by atoms with van der Waals surface area (Å²) in [5.41, 5.74) is 1.62. The number of amides is 1. The summed E-state index contributed by atoms with van der Waals surface area (Å²) in [6.07, 6.45) is 5.36. The maximum Gasteiger partial charge on any atom is 0.224 e. The predicted octanol–water partition coefficient (Wildman–Crippen LogP) is 1.83. The molecule has 7 nitrogen and oxygen atoms in total. The number of carbonyl (C=O) groups excluding carboxylic acids is 1. The van der Waals surface area contributed by atoms with Crippen LogP contribution in [0, 0.1) is 12.8 Å². The highest BCUT2D eigenvalue weighted by atomic mass is 16.1. The number of rotatable bonds is 4. The topological polar surface area (TPSA) is 84.7 Å². The molecule has 2 fully saturated rings. The van der Waals surface area contributed by atoms with Crippen LogP contribution in [0.3, 0.4) is 0 Å². The van der Waals surface area contributed by atoms with Gasteiger partial charge in [-0.3, -0.25) is 4.79 Å². The zero-order valence-corrected chi connectivity index (χ0v) is 13.8. The van der Waals surface area contributed by atoms with Crippen molar-refractivity contribution in [3.05, 3.63) is 30.1 Å². The Morgan fingerprint density at radius 1 is 1.33 bits per heavy atom. The van der Waals surface area contributed by atoms with Crippen molar-refractivity contribution in [3.8, 4) is 5.69 Å². The standard InChI is InChI=1S/C17H22N6O/c1-11-20-21-22-23(11)16-4-2-3-13(10-16)19-17(24)9-12-7-14-5-6-15(8-12)18-14/h2-4,10,12,14-15,18H,5-9H2,1H3,(H,19,24). The van der Waals surface area contributed by atoms with Gasteiger partial charge in [0.25, 0.3) is 0 Å². The van der Waals surface area contributed by atoms with Crippen molar-refractivity contribution < 1.29 is 4.79 Å². The van der Waals surface area contributed by atoms with Crippen LogP contribution < -0.4 is 10.6 Å². The second-order valence-corrected chi connectivity index (χ2v) is 6.92. The molecule has 0 spiro atoms. The lowest BCUT2D eigenvalue weighted by Gasteiger charge is -2.28. The highest BCUT2D eigenvalue weighted by Crippen LogP contribution is 2.32. The first-order valence-corrected chi connectivity index (χ1v) is 8.58. The monoisotopic (exact) mass is 326 g/mol. The molecule has 2 aliphatic rings. The minimum Gasteiger partial charge on any atom is -0.326 e. The summed E-state index contributed by atoms with van der Waals surface area (Å²) < 4.78 is 1.65. The van der Waals surface area contributed by atoms with Crippen molar-refractivity contribution in [2.45, 2.75) is 51.1 Å². The normalized spacial score (nSPS) is 25.6. The summed E-state index contributed by atoms with van der Waals surface area (Å²) in [7, 11) is 0. The number of aromatic nitrogens is 4. The van der Waals surface area contributed by atoms with Crippen LogP contribution in [0.15, 0.2) is 24.3 Å². The van der Waals surface area contributed by atoms with E-state index in [-0.39, 0.29) is 5.91 Å². The van der Waals surface area contributed by atoms with Crippen LogP contribution in [0.2, 0.25) is 0 Å². The summed E-state index contributed by atoms with van der Waals surface area (Å²) in [5, 5.41) is 18.1. The van der Waals surface area contributed by atoms with Crippen LogP contribution in [0.5, 0.6) is 0 Å². The third-order valence-corrected chi connectivity index (χ3v) is 5.04. The second-order valence-electron chi connectivity index (χ2n) is 6.92. The largest absolute Gasteiger partial charge is 0.326 e. The average Bonchev–Trinajstić information content (AvgIpc) is 3.13. The molecule has 0 saturated carbocycles. The minimum atomic E-state index is 0.0897. The van der Waals surface area contributed by atoms with Crippen molar-refractivity contribution in [1.29, 1.82) is 0 Å². The molecule has 2 saturated heterocycles. The smallest absolute Gasteiger partial charge is 0.224 e. The fourth-order valence-electron chi connectivity index (χ4n) is 4.00. The van der Waals surface area contributed by atoms with E-state index >= 15 is 0 Å². The summed E-state index contributed by atoms with van der Waals surface area (Å²) in [5.74, 6) is 1.30. The van der Waals surface area contributed by atoms with E-state index in [1.807, 2.05) is 31.2 Å². The van der Waals surface area contributed by atoms with Crippen molar-refractivity contribution in [2.24, 2.45) is 5.92 Å². The van der Waals surface area contributed by atoms with Crippen LogP contribution in [0.25, 0.3) is 5.69 Å². The minimum absolute atomic E-state index is 0.0897. The Bertz CT molecular complexity index is 730. The molecule has 2 aromatic rings. The zero-order valence-electron chi connectivity index (χ0n) is 13.8. The molecule has 126 valence electrons. The Hall–Kier alpha value is -2.28. The van der Waals surface area contributed by atoms with Crippen LogP contribution >= 0.6 is 0 Å². The van der Waals surface area contributed by atoms with E-state index in [0.29, 0.717) is 30.2 Å². The Kier molecular flexibility index (Phi) is 4.02. The third-order valence-electron chi connectivity index (χ3n) is 5.04. The van der Waals surface area contributed by atoms with Crippen molar-refractivity contribution in [3.63, 3.8) is 0 Å². The second kappa shape index (κ2) is 6.32. The summed E-state index contributed by atoms with van der Waals surface area (Å²) in [6.45, 7) is 1.84. The number of fused-ring (bicyclic) bond motifs is 2. The molecule has 3 heterocycles. The molecule has 2 bridgehead atoms. The molecule has 2 unspecified atom stereocenters. The average molecular weight is 326 g/mol. The summed E-state index contributed by atoms with van der Waals surface area (Å²) >= 11 is 0. The van der Waals surface area contributed by atoms with E-state index in [4.69, 9.17) is 0 Å². The van der Waals surface area contributed by atoms with Gasteiger partial charge < -0.3 is 10.6 Å². The maximum absolute atomic E-state index is 12.4. The Morgan fingerprint density at radius 2 is 2.12 bits per heavy atom. The van der Waals surface area contributed by atoms with E-state index < -0.39 is 0 Å². The number of nitrogens with one attached hydrogen (secondary N) is 2. The fraction of sp³-hybridized carbons (Fsp3) is 0.529. The van der Waals surface area contributed by atoms with Crippen molar-refractivity contribution in [2.75, 3.05) is 5.32 Å². The Labute approximate surface area is 140 Å². The summed E-state index contributed by atoms with van der Waals surface area (Å²) in [6, 6.07) is 8.85. The molecule has 0 radical (unpaired) electrons. The van der Waals surface area contributed by atoms with Gasteiger partial charge in [0.1, 0.15) is 0 Å². The number of tetrazole rings is 1. The van der Waals surface area contributed by atoms with Crippen LogP contribution in [-0.4, -0.2) is 38.2 Å². The lowest BCUT2D eigenvalue weighted by atomic mass is 9.89. The number of anilines is 1. The molecule has 1 amide bonds. The van der Waals surface area contributed by atoms with Crippen molar-refractivity contribution >= 4 is 11.6 Å². The molecule has 7 heteroatoms. The number of piperidine rings is 1. The van der Waals surface area contributed by atoms with Crippen molar-refractivity contribution in [1.82, 2.24) is 25.5 Å². The fourth-order valence-corrected chi connectivity index (χ4v) is 4.00.